The van der Waals surface area contributed by atoms with Gasteiger partial charge in [0, 0.05) is 29.4 Å². The third-order valence-corrected chi connectivity index (χ3v) is 6.34. The molecule has 1 saturated heterocycles. The van der Waals surface area contributed by atoms with Gasteiger partial charge in [0.05, 0.1) is 18.2 Å². The number of aromatic amines is 1. The predicted octanol–water partition coefficient (Wildman–Crippen LogP) is 1.45. The largest absolute Gasteiger partial charge is 0.494 e. The van der Waals surface area contributed by atoms with Crippen LogP contribution in [0.4, 0.5) is 11.6 Å². The average molecular weight is 496 g/mol. The molecule has 3 heterocycles. The van der Waals surface area contributed by atoms with E-state index in [1.165, 1.54) is 0 Å². The van der Waals surface area contributed by atoms with E-state index < -0.39 is 17.4 Å². The van der Waals surface area contributed by atoms with Gasteiger partial charge in [0.25, 0.3) is 17.4 Å². The Morgan fingerprint density at radius 2 is 2.00 bits per heavy atom. The number of H-pyrrole nitrogens is 1. The van der Waals surface area contributed by atoms with Crippen LogP contribution in [0.1, 0.15) is 57.9 Å². The van der Waals surface area contributed by atoms with Gasteiger partial charge in [-0.2, -0.15) is 9.98 Å². The van der Waals surface area contributed by atoms with Gasteiger partial charge >= 0.3 is 0 Å². The Morgan fingerprint density at radius 3 is 2.69 bits per heavy atom. The fourth-order valence-electron chi connectivity index (χ4n) is 4.31. The molecule has 0 bridgehead atoms. The fraction of sp³-hybridized carbons (Fsp3) is 0.423. The van der Waals surface area contributed by atoms with Crippen molar-refractivity contribution in [2.45, 2.75) is 58.4 Å². The molecule has 10 heteroatoms. The Bertz CT molecular complexity index is 1320. The first-order valence-corrected chi connectivity index (χ1v) is 12.1. The molecule has 4 rings (SSSR count). The number of nitrogens with zero attached hydrogens (tertiary/aromatic N) is 3. The van der Waals surface area contributed by atoms with Crippen LogP contribution in [0.3, 0.4) is 0 Å². The van der Waals surface area contributed by atoms with Crippen LogP contribution < -0.4 is 26.5 Å². The standard InChI is InChI=1S/C26H31N5O4.H2O/c1-4-5-14-35-17(3)18-9-11-19(12-10-18)27-24(33)20-15-21(32)28-23-22(20)25(34)30-26(29-23)31-13-7-6-8-16(31)2;/h9-12,16H,3-8,13-15H2,1-2H3,(H,27,33)(H,28,29,30,32,34);1H2. The van der Waals surface area contributed by atoms with Crippen LogP contribution in [-0.4, -0.2) is 46.5 Å². The average Bonchev–Trinajstić information content (AvgIpc) is 2.84. The van der Waals surface area contributed by atoms with Crippen molar-refractivity contribution in [3.8, 4) is 0 Å². The highest BCUT2D eigenvalue weighted by atomic mass is 16.5. The predicted molar refractivity (Wildman–Crippen MR) is 138 cm³/mol. The van der Waals surface area contributed by atoms with Crippen molar-refractivity contribution in [3.63, 3.8) is 0 Å². The van der Waals surface area contributed by atoms with Crippen LogP contribution >= 0.6 is 0 Å². The van der Waals surface area contributed by atoms with Gasteiger partial charge in [0.15, 0.2) is 5.49 Å². The summed E-state index contributed by atoms with van der Waals surface area (Å²) >= 11 is 0. The molecule has 1 atom stereocenters. The second-order valence-electron chi connectivity index (χ2n) is 8.94. The molecule has 2 aromatic rings. The highest BCUT2D eigenvalue weighted by Crippen LogP contribution is 2.20. The van der Waals surface area contributed by atoms with Gasteiger partial charge in [-0.15, -0.1) is 0 Å². The maximum absolute atomic E-state index is 13.1. The minimum Gasteiger partial charge on any atom is -0.494 e. The van der Waals surface area contributed by atoms with Crippen molar-refractivity contribution in [3.05, 3.63) is 57.5 Å². The van der Waals surface area contributed by atoms with E-state index >= 15 is 0 Å². The molecule has 0 radical (unpaired) electrons. The monoisotopic (exact) mass is 495 g/mol. The van der Waals surface area contributed by atoms with Crippen molar-refractivity contribution < 1.29 is 19.8 Å². The number of hydrogen-bond donors (Lipinski definition) is 2. The fourth-order valence-corrected chi connectivity index (χ4v) is 4.31. The number of carbonyl (C=O) groups excluding carboxylic acids is 2. The topological polar surface area (TPSA) is 148 Å². The zero-order chi connectivity index (χ0) is 24.9. The van der Waals surface area contributed by atoms with E-state index in [0.29, 0.717) is 24.0 Å². The molecular formula is C26H33N5O5. The van der Waals surface area contributed by atoms with Gasteiger partial charge in [0.1, 0.15) is 5.76 Å². The minimum atomic E-state index is -0.535. The summed E-state index contributed by atoms with van der Waals surface area (Å²) in [6.07, 6.45) is 4.83. The maximum atomic E-state index is 13.1. The summed E-state index contributed by atoms with van der Waals surface area (Å²) in [5.74, 6) is -0.0902. The lowest BCUT2D eigenvalue weighted by atomic mass is 10.0. The van der Waals surface area contributed by atoms with Crippen LogP contribution in [0.25, 0.3) is 11.3 Å². The number of fused-ring (bicyclic) bond motifs is 1. The lowest BCUT2D eigenvalue weighted by Gasteiger charge is -2.33. The molecule has 0 aliphatic carbocycles. The molecule has 1 fully saturated rings. The number of benzene rings is 1. The Balaban J connectivity index is 0.00000361. The number of nitrogens with one attached hydrogen (secondary N) is 2. The van der Waals surface area contributed by atoms with Crippen molar-refractivity contribution >= 4 is 34.8 Å². The number of ether oxygens (including phenoxy) is 1. The van der Waals surface area contributed by atoms with E-state index in [2.05, 4.69) is 40.7 Å². The Labute approximate surface area is 209 Å². The first-order valence-electron chi connectivity index (χ1n) is 12.1. The summed E-state index contributed by atoms with van der Waals surface area (Å²) < 4.78 is 5.63. The van der Waals surface area contributed by atoms with E-state index in [0.717, 1.165) is 44.2 Å². The third-order valence-electron chi connectivity index (χ3n) is 6.34. The van der Waals surface area contributed by atoms with Gasteiger partial charge in [-0.1, -0.05) is 19.9 Å². The highest BCUT2D eigenvalue weighted by molar-refractivity contribution is 6.23. The molecule has 1 aromatic heterocycles. The summed E-state index contributed by atoms with van der Waals surface area (Å²) in [5, 5.41) is 2.82. The van der Waals surface area contributed by atoms with E-state index in [4.69, 9.17) is 4.74 Å². The molecule has 4 N–H and O–H groups in total. The van der Waals surface area contributed by atoms with Gasteiger partial charge in [-0.25, -0.2) is 0 Å². The Kier molecular flexibility index (Phi) is 8.76. The van der Waals surface area contributed by atoms with Crippen molar-refractivity contribution in [2.24, 2.45) is 4.99 Å². The van der Waals surface area contributed by atoms with E-state index in [-0.39, 0.29) is 34.2 Å². The summed E-state index contributed by atoms with van der Waals surface area (Å²) in [7, 11) is 0. The zero-order valence-corrected chi connectivity index (χ0v) is 20.7. The lowest BCUT2D eigenvalue weighted by molar-refractivity contribution is -0.118. The first-order chi connectivity index (χ1) is 16.9. The van der Waals surface area contributed by atoms with Gasteiger partial charge < -0.3 is 20.4 Å². The number of anilines is 2. The van der Waals surface area contributed by atoms with Crippen LogP contribution in [-0.2, 0) is 14.3 Å². The number of unbranched alkanes of at least 4 members (excludes halogenated alkanes) is 1. The third kappa shape index (κ3) is 5.88. The first kappa shape index (κ1) is 26.8. The molecule has 1 aromatic carbocycles. The molecule has 36 heavy (non-hydrogen) atoms. The number of rotatable bonds is 8. The summed E-state index contributed by atoms with van der Waals surface area (Å²) in [6.45, 7) is 9.47. The molecule has 2 aliphatic rings. The summed E-state index contributed by atoms with van der Waals surface area (Å²) in [4.78, 5) is 51.7. The van der Waals surface area contributed by atoms with Crippen molar-refractivity contribution in [2.75, 3.05) is 23.4 Å². The number of aromatic nitrogens is 2. The normalized spacial score (nSPS) is 16.9. The summed E-state index contributed by atoms with van der Waals surface area (Å²) in [6, 6.07) is 7.25. The van der Waals surface area contributed by atoms with Crippen LogP contribution in [0, 0.1) is 0 Å². The van der Waals surface area contributed by atoms with Gasteiger partial charge in [-0.05, 0) is 56.9 Å². The van der Waals surface area contributed by atoms with Crippen LogP contribution in [0.2, 0.25) is 0 Å². The quantitative estimate of drug-likeness (QED) is 0.418. The van der Waals surface area contributed by atoms with Crippen molar-refractivity contribution in [1.82, 2.24) is 9.97 Å². The second-order valence-corrected chi connectivity index (χ2v) is 8.94. The molecule has 192 valence electrons. The molecule has 1 unspecified atom stereocenters. The molecule has 0 spiro atoms. The van der Waals surface area contributed by atoms with Gasteiger partial charge in [-0.3, -0.25) is 19.4 Å². The number of piperidine rings is 1. The van der Waals surface area contributed by atoms with Crippen molar-refractivity contribution in [1.29, 1.82) is 0 Å². The highest BCUT2D eigenvalue weighted by Gasteiger charge is 2.25. The molecule has 10 nitrogen and oxygen atoms in total. The second kappa shape index (κ2) is 11.8. The van der Waals surface area contributed by atoms with Crippen LogP contribution in [0.15, 0.2) is 40.6 Å². The Hall–Kier alpha value is -3.79. The number of carbonyl (C=O) groups is 2. The maximum Gasteiger partial charge on any atom is 0.262 e. The van der Waals surface area contributed by atoms with E-state index in [9.17, 15) is 14.4 Å². The number of hydrogen-bond acceptors (Lipinski definition) is 6. The van der Waals surface area contributed by atoms with Crippen LogP contribution in [0.5, 0.6) is 0 Å². The molecule has 2 aliphatic heterocycles. The number of amides is 2. The van der Waals surface area contributed by atoms with E-state index in [1.54, 1.807) is 24.3 Å². The molecular weight excluding hydrogens is 462 g/mol. The van der Waals surface area contributed by atoms with Gasteiger partial charge in [0.2, 0.25) is 5.95 Å². The molecule has 2 amide bonds. The smallest absolute Gasteiger partial charge is 0.262 e. The minimum absolute atomic E-state index is 0. The Morgan fingerprint density at radius 1 is 1.25 bits per heavy atom. The lowest BCUT2D eigenvalue weighted by Crippen LogP contribution is -2.51. The van der Waals surface area contributed by atoms with E-state index in [1.807, 2.05) is 4.90 Å². The SMILES string of the molecule is C=C(OCCCC)c1ccc(NC(=O)C2=c3c(nc(N4CCCCC4C)[nH]c3=O)=NC(=O)C2)cc1.O. The summed E-state index contributed by atoms with van der Waals surface area (Å²) in [5.41, 5.74) is 0.915. The zero-order valence-electron chi connectivity index (χ0n) is 20.7. The molecule has 0 saturated carbocycles.